The Balaban J connectivity index is 1.86. The van der Waals surface area contributed by atoms with Gasteiger partial charge in [0.1, 0.15) is 5.82 Å². The van der Waals surface area contributed by atoms with Crippen LogP contribution in [0.2, 0.25) is 5.02 Å². The van der Waals surface area contributed by atoms with Crippen molar-refractivity contribution in [3.05, 3.63) is 46.7 Å². The minimum atomic E-state index is -0.352. The second kappa shape index (κ2) is 5.01. The lowest BCUT2D eigenvalue weighted by atomic mass is 10.2. The molecule has 8 heteroatoms. The molecular formula is C12H10ClFN6. The number of rotatable bonds is 3. The summed E-state index contributed by atoms with van der Waals surface area (Å²) in [5, 5.41) is 15.7. The molecule has 0 unspecified atom stereocenters. The maximum atomic E-state index is 13.0. The zero-order valence-electron chi connectivity index (χ0n) is 10.5. The molecule has 0 N–H and O–H groups in total. The highest BCUT2D eigenvalue weighted by atomic mass is 35.5. The quantitative estimate of drug-likeness (QED) is 0.738. The molecule has 6 nitrogen and oxygen atoms in total. The Hall–Kier alpha value is -2.28. The minimum Gasteiger partial charge on any atom is -0.354 e. The van der Waals surface area contributed by atoms with Gasteiger partial charge in [-0.3, -0.25) is 0 Å². The first-order valence-corrected chi connectivity index (χ1v) is 6.22. The first-order valence-electron chi connectivity index (χ1n) is 5.84. The van der Waals surface area contributed by atoms with Gasteiger partial charge in [-0.1, -0.05) is 17.7 Å². The van der Waals surface area contributed by atoms with Gasteiger partial charge in [-0.2, -0.15) is 0 Å². The van der Waals surface area contributed by atoms with Crippen LogP contribution < -0.4 is 4.90 Å². The normalized spacial score (nSPS) is 10.9. The molecule has 0 aliphatic carbocycles. The van der Waals surface area contributed by atoms with Crippen molar-refractivity contribution < 1.29 is 4.39 Å². The molecule has 0 amide bonds. The van der Waals surface area contributed by atoms with Crippen molar-refractivity contribution in [2.24, 2.45) is 0 Å². The molecule has 2 aromatic heterocycles. The summed E-state index contributed by atoms with van der Waals surface area (Å²) in [6.45, 7) is 0.500. The second-order valence-electron chi connectivity index (χ2n) is 4.31. The summed E-state index contributed by atoms with van der Waals surface area (Å²) < 4.78 is 14.4. The zero-order valence-corrected chi connectivity index (χ0v) is 11.3. The van der Waals surface area contributed by atoms with Gasteiger partial charge < -0.3 is 4.90 Å². The monoisotopic (exact) mass is 292 g/mol. The lowest BCUT2D eigenvalue weighted by Gasteiger charge is -2.18. The van der Waals surface area contributed by atoms with E-state index in [1.807, 2.05) is 18.0 Å². The van der Waals surface area contributed by atoms with Crippen LogP contribution >= 0.6 is 11.6 Å². The number of benzene rings is 1. The summed E-state index contributed by atoms with van der Waals surface area (Å²) in [4.78, 5) is 1.88. The van der Waals surface area contributed by atoms with Crippen LogP contribution in [0.3, 0.4) is 0 Å². The Labute approximate surface area is 118 Å². The Morgan fingerprint density at radius 2 is 2.15 bits per heavy atom. The van der Waals surface area contributed by atoms with Gasteiger partial charge in [0.25, 0.3) is 0 Å². The lowest BCUT2D eigenvalue weighted by Crippen LogP contribution is -2.19. The predicted molar refractivity (Wildman–Crippen MR) is 72.1 cm³/mol. The molecular weight excluding hydrogens is 283 g/mol. The maximum absolute atomic E-state index is 13.0. The van der Waals surface area contributed by atoms with Crippen molar-refractivity contribution in [1.82, 2.24) is 25.3 Å². The Morgan fingerprint density at radius 1 is 1.30 bits per heavy atom. The van der Waals surface area contributed by atoms with Gasteiger partial charge in [0.15, 0.2) is 11.5 Å². The molecule has 0 bridgehead atoms. The third-order valence-corrected chi connectivity index (χ3v) is 3.22. The van der Waals surface area contributed by atoms with Crippen molar-refractivity contribution in [1.29, 1.82) is 0 Å². The van der Waals surface area contributed by atoms with E-state index in [9.17, 15) is 4.39 Å². The van der Waals surface area contributed by atoms with Gasteiger partial charge in [-0.25, -0.2) is 4.39 Å². The molecule has 20 heavy (non-hydrogen) atoms. The largest absolute Gasteiger partial charge is 0.354 e. The van der Waals surface area contributed by atoms with Gasteiger partial charge in [0.2, 0.25) is 0 Å². The number of aromatic nitrogens is 5. The van der Waals surface area contributed by atoms with E-state index >= 15 is 0 Å². The zero-order chi connectivity index (χ0) is 14.1. The molecule has 102 valence electrons. The fourth-order valence-electron chi connectivity index (χ4n) is 1.83. The smallest absolute Gasteiger partial charge is 0.200 e. The van der Waals surface area contributed by atoms with Crippen molar-refractivity contribution in [2.45, 2.75) is 6.54 Å². The predicted octanol–water partition coefficient (Wildman–Crippen LogP) is 1.95. The first kappa shape index (κ1) is 12.7. The van der Waals surface area contributed by atoms with Gasteiger partial charge >= 0.3 is 0 Å². The summed E-state index contributed by atoms with van der Waals surface area (Å²) in [6.07, 6.45) is 0. The molecule has 2 heterocycles. The highest BCUT2D eigenvalue weighted by Gasteiger charge is 2.09. The highest BCUT2D eigenvalue weighted by Crippen LogP contribution is 2.20. The standard InChI is InChI=1S/C12H10ClFN6/c1-19(7-8-2-3-9(14)6-10(8)13)12-5-4-11-15-17-18-20(11)16-12/h2-6H,7H2,1H3. The van der Waals surface area contributed by atoms with E-state index in [1.165, 1.54) is 16.8 Å². The van der Waals surface area contributed by atoms with Crippen LogP contribution in [0.15, 0.2) is 30.3 Å². The van der Waals surface area contributed by atoms with Crippen LogP contribution in [0.5, 0.6) is 0 Å². The Kier molecular flexibility index (Phi) is 3.19. The molecule has 3 rings (SSSR count). The summed E-state index contributed by atoms with van der Waals surface area (Å²) in [6, 6.07) is 7.91. The topological polar surface area (TPSA) is 59.2 Å². The first-order chi connectivity index (χ1) is 9.63. The summed E-state index contributed by atoms with van der Waals surface area (Å²) >= 11 is 6.01. The number of anilines is 1. The van der Waals surface area contributed by atoms with Gasteiger partial charge in [-0.15, -0.1) is 14.8 Å². The van der Waals surface area contributed by atoms with Crippen LogP contribution in [0.4, 0.5) is 10.2 Å². The van der Waals surface area contributed by atoms with Crippen LogP contribution in [-0.4, -0.2) is 32.3 Å². The van der Waals surface area contributed by atoms with Gasteiger partial charge in [0, 0.05) is 18.6 Å². The summed E-state index contributed by atoms with van der Waals surface area (Å²) in [7, 11) is 1.86. The summed E-state index contributed by atoms with van der Waals surface area (Å²) in [5.74, 6) is 0.333. The number of halogens is 2. The van der Waals surface area contributed by atoms with E-state index in [2.05, 4.69) is 20.6 Å². The SMILES string of the molecule is CN(Cc1ccc(F)cc1Cl)c1ccc2nnnn2n1. The van der Waals surface area contributed by atoms with E-state index in [-0.39, 0.29) is 5.82 Å². The number of hydrogen-bond donors (Lipinski definition) is 0. The molecule has 1 aromatic carbocycles. The average Bonchev–Trinajstić information content (AvgIpc) is 2.89. The lowest BCUT2D eigenvalue weighted by molar-refractivity contribution is 0.627. The van der Waals surface area contributed by atoms with Crippen molar-refractivity contribution in [3.8, 4) is 0 Å². The van der Waals surface area contributed by atoms with Gasteiger partial charge in [0.05, 0.1) is 0 Å². The van der Waals surface area contributed by atoms with E-state index in [1.54, 1.807) is 12.1 Å². The fraction of sp³-hybridized carbons (Fsp3) is 0.167. The number of hydrogen-bond acceptors (Lipinski definition) is 5. The van der Waals surface area contributed by atoms with E-state index in [4.69, 9.17) is 11.6 Å². The second-order valence-corrected chi connectivity index (χ2v) is 4.72. The third kappa shape index (κ3) is 2.39. The fourth-order valence-corrected chi connectivity index (χ4v) is 2.06. The molecule has 0 saturated heterocycles. The van der Waals surface area contributed by atoms with Gasteiger partial charge in [-0.05, 0) is 40.3 Å². The summed E-state index contributed by atoms with van der Waals surface area (Å²) in [5.41, 5.74) is 1.39. The molecule has 0 saturated carbocycles. The van der Waals surface area contributed by atoms with Crippen molar-refractivity contribution >= 4 is 23.1 Å². The third-order valence-electron chi connectivity index (χ3n) is 2.87. The van der Waals surface area contributed by atoms with E-state index in [0.717, 1.165) is 5.56 Å². The maximum Gasteiger partial charge on any atom is 0.200 e. The number of fused-ring (bicyclic) bond motifs is 1. The highest BCUT2D eigenvalue weighted by molar-refractivity contribution is 6.31. The average molecular weight is 293 g/mol. The van der Waals surface area contributed by atoms with Crippen LogP contribution in [-0.2, 0) is 6.54 Å². The molecule has 0 radical (unpaired) electrons. The molecule has 0 aliphatic rings. The minimum absolute atomic E-state index is 0.352. The van der Waals surface area contributed by atoms with Crippen molar-refractivity contribution in [2.75, 3.05) is 11.9 Å². The van der Waals surface area contributed by atoms with Crippen LogP contribution in [0, 0.1) is 5.82 Å². The Morgan fingerprint density at radius 3 is 2.95 bits per heavy atom. The van der Waals surface area contributed by atoms with Crippen LogP contribution in [0.25, 0.3) is 5.65 Å². The number of nitrogens with zero attached hydrogens (tertiary/aromatic N) is 6. The van der Waals surface area contributed by atoms with Crippen LogP contribution in [0.1, 0.15) is 5.56 Å². The molecule has 0 fully saturated rings. The molecule has 0 aliphatic heterocycles. The van der Waals surface area contributed by atoms with Crippen molar-refractivity contribution in [3.63, 3.8) is 0 Å². The molecule has 0 spiro atoms. The number of tetrazole rings is 1. The molecule has 3 aromatic rings. The van der Waals surface area contributed by atoms with E-state index in [0.29, 0.717) is 23.0 Å². The van der Waals surface area contributed by atoms with E-state index < -0.39 is 0 Å². The Bertz CT molecular complexity index is 759. The molecule has 0 atom stereocenters.